The van der Waals surface area contributed by atoms with Crippen molar-refractivity contribution < 1.29 is 18.9 Å². The molecule has 2 aromatic heterocycles. The maximum Gasteiger partial charge on any atom is 0.227 e. The van der Waals surface area contributed by atoms with Gasteiger partial charge in [0.25, 0.3) is 0 Å². The number of amidine groups is 1. The lowest BCUT2D eigenvalue weighted by atomic mass is 10.0. The molecule has 37 heavy (non-hydrogen) atoms. The third-order valence-electron chi connectivity index (χ3n) is 6.45. The van der Waals surface area contributed by atoms with Crippen molar-refractivity contribution in [1.29, 1.82) is 0 Å². The van der Waals surface area contributed by atoms with Crippen molar-refractivity contribution in [2.45, 2.75) is 12.8 Å². The number of methoxy groups -OCH3 is 3. The van der Waals surface area contributed by atoms with Gasteiger partial charge in [-0.1, -0.05) is 0 Å². The molecule has 1 fully saturated rings. The van der Waals surface area contributed by atoms with E-state index in [2.05, 4.69) is 32.1 Å². The van der Waals surface area contributed by atoms with E-state index in [-0.39, 0.29) is 0 Å². The highest BCUT2D eigenvalue weighted by Crippen LogP contribution is 2.40. The summed E-state index contributed by atoms with van der Waals surface area (Å²) in [4.78, 5) is 16.5. The Balaban J connectivity index is 1.30. The van der Waals surface area contributed by atoms with E-state index in [0.29, 0.717) is 23.2 Å². The van der Waals surface area contributed by atoms with Crippen molar-refractivity contribution in [2.75, 3.05) is 66.0 Å². The number of aliphatic imine (C=N–C) groups is 1. The van der Waals surface area contributed by atoms with Gasteiger partial charge < -0.3 is 29.6 Å². The molecule has 0 aliphatic carbocycles. The SMILES string of the molecule is COc1cc(Nc2ncc3scc(C4=CNC(=NCCN5CCOCC5)CC4)c3n2)cc(OC)c1OC. The third kappa shape index (κ3) is 5.79. The molecule has 11 heteroatoms. The number of anilines is 2. The molecule has 5 rings (SSSR count). The molecule has 0 saturated carbocycles. The second-order valence-corrected chi connectivity index (χ2v) is 9.60. The van der Waals surface area contributed by atoms with Gasteiger partial charge in [-0.15, -0.1) is 11.3 Å². The number of benzene rings is 1. The van der Waals surface area contributed by atoms with Gasteiger partial charge in [0.15, 0.2) is 11.5 Å². The minimum atomic E-state index is 0.496. The predicted molar refractivity (Wildman–Crippen MR) is 147 cm³/mol. The van der Waals surface area contributed by atoms with Crippen LogP contribution in [0.25, 0.3) is 15.8 Å². The van der Waals surface area contributed by atoms with Crippen LogP contribution in [-0.2, 0) is 4.74 Å². The number of aromatic nitrogens is 2. The standard InChI is InChI=1S/C26H32N6O4S/c1-33-20-12-18(13-21(34-2)25(20)35-3)30-26-29-15-22-24(31-26)19(16-37-22)17-4-5-23(28-14-17)27-6-7-32-8-10-36-11-9-32/h12-16H,4-11H2,1-3H3,(H,27,28)(H,29,30,31). The van der Waals surface area contributed by atoms with Crippen molar-refractivity contribution in [3.05, 3.63) is 35.5 Å². The van der Waals surface area contributed by atoms with Gasteiger partial charge >= 0.3 is 0 Å². The fourth-order valence-corrected chi connectivity index (χ4v) is 5.34. The molecule has 3 aromatic rings. The normalized spacial score (nSPS) is 17.4. The fourth-order valence-electron chi connectivity index (χ4n) is 4.45. The summed E-state index contributed by atoms with van der Waals surface area (Å²) in [6.45, 7) is 5.39. The van der Waals surface area contributed by atoms with E-state index in [9.17, 15) is 0 Å². The number of thiophene rings is 1. The summed E-state index contributed by atoms with van der Waals surface area (Å²) < 4.78 is 22.8. The predicted octanol–water partition coefficient (Wildman–Crippen LogP) is 3.92. The molecular formula is C26H32N6O4S. The van der Waals surface area contributed by atoms with Crippen molar-refractivity contribution in [3.8, 4) is 17.2 Å². The molecule has 0 atom stereocenters. The van der Waals surface area contributed by atoms with E-state index in [1.54, 1.807) is 32.7 Å². The van der Waals surface area contributed by atoms with Crippen LogP contribution in [0.15, 0.2) is 34.9 Å². The highest BCUT2D eigenvalue weighted by Gasteiger charge is 2.18. The van der Waals surface area contributed by atoms with Crippen molar-refractivity contribution >= 4 is 44.6 Å². The number of hydrogen-bond donors (Lipinski definition) is 2. The number of hydrogen-bond acceptors (Lipinski definition) is 10. The first-order valence-electron chi connectivity index (χ1n) is 12.3. The Morgan fingerprint density at radius 2 is 1.89 bits per heavy atom. The number of ether oxygens (including phenoxy) is 4. The molecule has 0 amide bonds. The van der Waals surface area contributed by atoms with Gasteiger partial charge in [-0.05, 0) is 12.0 Å². The number of rotatable bonds is 9. The molecule has 4 heterocycles. The largest absolute Gasteiger partial charge is 0.493 e. The topological polar surface area (TPSA) is 102 Å². The second-order valence-electron chi connectivity index (χ2n) is 8.69. The van der Waals surface area contributed by atoms with Gasteiger partial charge in [-0.2, -0.15) is 0 Å². The van der Waals surface area contributed by atoms with Crippen LogP contribution in [-0.4, -0.2) is 81.4 Å². The van der Waals surface area contributed by atoms with Crippen LogP contribution in [0, 0.1) is 0 Å². The Hall–Kier alpha value is -3.41. The number of nitrogens with zero attached hydrogens (tertiary/aromatic N) is 4. The maximum atomic E-state index is 5.46. The molecule has 0 spiro atoms. The van der Waals surface area contributed by atoms with E-state index in [4.69, 9.17) is 28.9 Å². The molecule has 1 aromatic carbocycles. The van der Waals surface area contributed by atoms with Crippen molar-refractivity contribution in [1.82, 2.24) is 20.2 Å². The molecule has 10 nitrogen and oxygen atoms in total. The lowest BCUT2D eigenvalue weighted by molar-refractivity contribution is 0.0394. The monoisotopic (exact) mass is 524 g/mol. The lowest BCUT2D eigenvalue weighted by Gasteiger charge is -2.26. The maximum absolute atomic E-state index is 5.46. The minimum Gasteiger partial charge on any atom is -0.493 e. The van der Waals surface area contributed by atoms with Gasteiger partial charge in [0.2, 0.25) is 11.7 Å². The Bertz CT molecular complexity index is 1280. The Kier molecular flexibility index (Phi) is 8.02. The summed E-state index contributed by atoms with van der Waals surface area (Å²) in [5.74, 6) is 3.19. The quantitative estimate of drug-likeness (QED) is 0.431. The molecule has 2 aliphatic heterocycles. The Morgan fingerprint density at radius 1 is 1.11 bits per heavy atom. The average molecular weight is 525 g/mol. The summed E-state index contributed by atoms with van der Waals surface area (Å²) >= 11 is 1.65. The van der Waals surface area contributed by atoms with Gasteiger partial charge in [-0.3, -0.25) is 9.89 Å². The zero-order valence-corrected chi connectivity index (χ0v) is 22.2. The van der Waals surface area contributed by atoms with Crippen LogP contribution < -0.4 is 24.8 Å². The summed E-state index contributed by atoms with van der Waals surface area (Å²) in [6.07, 6.45) is 5.71. The van der Waals surface area contributed by atoms with Crippen molar-refractivity contribution in [2.24, 2.45) is 4.99 Å². The first-order chi connectivity index (χ1) is 18.2. The summed E-state index contributed by atoms with van der Waals surface area (Å²) in [5, 5.41) is 8.83. The summed E-state index contributed by atoms with van der Waals surface area (Å²) in [7, 11) is 4.76. The van der Waals surface area contributed by atoms with Gasteiger partial charge in [-0.25, -0.2) is 9.97 Å². The zero-order valence-electron chi connectivity index (χ0n) is 21.4. The van der Waals surface area contributed by atoms with E-state index in [1.807, 2.05) is 18.3 Å². The molecule has 0 bridgehead atoms. The highest BCUT2D eigenvalue weighted by atomic mass is 32.1. The van der Waals surface area contributed by atoms with E-state index >= 15 is 0 Å². The molecule has 0 unspecified atom stereocenters. The molecule has 1 saturated heterocycles. The van der Waals surface area contributed by atoms with Crippen LogP contribution in [0.1, 0.15) is 18.4 Å². The van der Waals surface area contributed by atoms with Crippen molar-refractivity contribution in [3.63, 3.8) is 0 Å². The number of allylic oxidation sites excluding steroid dienone is 1. The molecular weight excluding hydrogens is 492 g/mol. The fraction of sp³-hybridized carbons (Fsp3) is 0.423. The number of morpholine rings is 1. The number of fused-ring (bicyclic) bond motifs is 1. The first kappa shape index (κ1) is 25.2. The van der Waals surface area contributed by atoms with Gasteiger partial charge in [0.1, 0.15) is 5.84 Å². The Morgan fingerprint density at radius 3 is 2.57 bits per heavy atom. The van der Waals surface area contributed by atoms with Crippen LogP contribution in [0.2, 0.25) is 0 Å². The Labute approximate surface area is 220 Å². The van der Waals surface area contributed by atoms with E-state index in [1.165, 1.54) is 5.57 Å². The summed E-state index contributed by atoms with van der Waals surface area (Å²) in [5.41, 5.74) is 4.00. The molecule has 2 N–H and O–H groups in total. The van der Waals surface area contributed by atoms with Crippen LogP contribution >= 0.6 is 11.3 Å². The minimum absolute atomic E-state index is 0.496. The van der Waals surface area contributed by atoms with Crippen LogP contribution in [0.5, 0.6) is 17.2 Å². The first-order valence-corrected chi connectivity index (χ1v) is 13.2. The smallest absolute Gasteiger partial charge is 0.227 e. The van der Waals surface area contributed by atoms with E-state index < -0.39 is 0 Å². The van der Waals surface area contributed by atoms with Crippen LogP contribution in [0.3, 0.4) is 0 Å². The molecule has 2 aliphatic rings. The number of nitrogens with one attached hydrogen (secondary N) is 2. The van der Waals surface area contributed by atoms with E-state index in [0.717, 1.165) is 79.5 Å². The third-order valence-corrected chi connectivity index (χ3v) is 7.35. The van der Waals surface area contributed by atoms with Gasteiger partial charge in [0.05, 0.1) is 57.5 Å². The molecule has 0 radical (unpaired) electrons. The lowest BCUT2D eigenvalue weighted by Crippen LogP contribution is -2.38. The average Bonchev–Trinajstić information content (AvgIpc) is 3.36. The highest BCUT2D eigenvalue weighted by molar-refractivity contribution is 7.17. The van der Waals surface area contributed by atoms with Crippen LogP contribution in [0.4, 0.5) is 11.6 Å². The molecule has 196 valence electrons. The second kappa shape index (κ2) is 11.8. The summed E-state index contributed by atoms with van der Waals surface area (Å²) in [6, 6.07) is 3.66. The zero-order chi connectivity index (χ0) is 25.6. The van der Waals surface area contributed by atoms with Gasteiger partial charge in [0, 0.05) is 61.0 Å².